The molecule has 25 heavy (non-hydrogen) atoms. The molecule has 0 saturated heterocycles. The van der Waals surface area contributed by atoms with E-state index in [1.165, 1.54) is 52.2 Å². The van der Waals surface area contributed by atoms with E-state index in [2.05, 4.69) is 73.2 Å². The molecule has 2 heterocycles. The summed E-state index contributed by atoms with van der Waals surface area (Å²) in [7, 11) is 0. The molecule has 4 rings (SSSR count). The highest BCUT2D eigenvalue weighted by molar-refractivity contribution is 5.72. The Labute approximate surface area is 149 Å². The molecular formula is C22H25N3. The van der Waals surface area contributed by atoms with Crippen LogP contribution in [0, 0.1) is 20.8 Å². The van der Waals surface area contributed by atoms with Crippen molar-refractivity contribution in [3.63, 3.8) is 0 Å². The Morgan fingerprint density at radius 2 is 1.80 bits per heavy atom. The van der Waals surface area contributed by atoms with Crippen LogP contribution in [0.15, 0.2) is 42.5 Å². The summed E-state index contributed by atoms with van der Waals surface area (Å²) >= 11 is 0. The molecule has 3 aromatic rings. The van der Waals surface area contributed by atoms with E-state index in [1.54, 1.807) is 0 Å². The van der Waals surface area contributed by atoms with Crippen molar-refractivity contribution >= 4 is 5.82 Å². The van der Waals surface area contributed by atoms with Crippen molar-refractivity contribution in [2.24, 2.45) is 0 Å². The maximum atomic E-state index is 5.07. The molecule has 3 nitrogen and oxygen atoms in total. The van der Waals surface area contributed by atoms with Crippen molar-refractivity contribution in [2.75, 3.05) is 11.9 Å². The lowest BCUT2D eigenvalue weighted by Crippen LogP contribution is -2.08. The SMILES string of the molecule is Cc1cccc(-c2nn(-c3cc(C)ccc3C)c3c2CCCCN3)c1. The fourth-order valence-electron chi connectivity index (χ4n) is 3.65. The van der Waals surface area contributed by atoms with Crippen molar-refractivity contribution in [2.45, 2.75) is 40.0 Å². The maximum absolute atomic E-state index is 5.07. The number of hydrogen-bond donors (Lipinski definition) is 1. The summed E-state index contributed by atoms with van der Waals surface area (Å²) in [6.45, 7) is 7.45. The zero-order chi connectivity index (χ0) is 17.4. The Morgan fingerprint density at radius 3 is 2.64 bits per heavy atom. The van der Waals surface area contributed by atoms with Crippen LogP contribution in [0.25, 0.3) is 16.9 Å². The van der Waals surface area contributed by atoms with Gasteiger partial charge in [0.1, 0.15) is 5.82 Å². The van der Waals surface area contributed by atoms with E-state index in [9.17, 15) is 0 Å². The van der Waals surface area contributed by atoms with E-state index in [4.69, 9.17) is 5.10 Å². The molecule has 0 unspecified atom stereocenters. The van der Waals surface area contributed by atoms with Crippen molar-refractivity contribution in [1.29, 1.82) is 0 Å². The third kappa shape index (κ3) is 2.95. The van der Waals surface area contributed by atoms with Crippen LogP contribution >= 0.6 is 0 Å². The average molecular weight is 331 g/mol. The molecule has 0 spiro atoms. The van der Waals surface area contributed by atoms with Gasteiger partial charge in [-0.3, -0.25) is 0 Å². The molecule has 3 heteroatoms. The fourth-order valence-corrected chi connectivity index (χ4v) is 3.65. The highest BCUT2D eigenvalue weighted by atomic mass is 15.3. The number of fused-ring (bicyclic) bond motifs is 1. The predicted octanol–water partition coefficient (Wildman–Crippen LogP) is 5.21. The molecular weight excluding hydrogens is 306 g/mol. The van der Waals surface area contributed by atoms with Crippen LogP contribution < -0.4 is 5.32 Å². The average Bonchev–Trinajstić information content (AvgIpc) is 2.78. The fraction of sp³-hybridized carbons (Fsp3) is 0.318. The highest BCUT2D eigenvalue weighted by Gasteiger charge is 2.22. The van der Waals surface area contributed by atoms with Gasteiger partial charge in [0.25, 0.3) is 0 Å². The summed E-state index contributed by atoms with van der Waals surface area (Å²) in [6, 6.07) is 15.3. The smallest absolute Gasteiger partial charge is 0.133 e. The summed E-state index contributed by atoms with van der Waals surface area (Å²) in [5.74, 6) is 1.17. The Hall–Kier alpha value is -2.55. The molecule has 1 aliphatic heterocycles. The zero-order valence-electron chi connectivity index (χ0n) is 15.3. The first-order chi connectivity index (χ1) is 12.1. The lowest BCUT2D eigenvalue weighted by molar-refractivity contribution is 0.779. The lowest BCUT2D eigenvalue weighted by atomic mass is 10.0. The predicted molar refractivity (Wildman–Crippen MR) is 105 cm³/mol. The molecule has 0 amide bonds. The van der Waals surface area contributed by atoms with Gasteiger partial charge in [0.2, 0.25) is 0 Å². The van der Waals surface area contributed by atoms with Crippen molar-refractivity contribution in [3.8, 4) is 16.9 Å². The quantitative estimate of drug-likeness (QED) is 0.698. The Balaban J connectivity index is 1.95. The lowest BCUT2D eigenvalue weighted by Gasteiger charge is -2.12. The molecule has 1 N–H and O–H groups in total. The standard InChI is InChI=1S/C22H25N3/c1-15-7-6-8-18(13-15)21-19-9-4-5-12-23-22(19)25(24-21)20-14-16(2)10-11-17(20)3/h6-8,10-11,13-14,23H,4-5,9,12H2,1-3H3. The van der Waals surface area contributed by atoms with Crippen molar-refractivity contribution in [3.05, 3.63) is 64.7 Å². The van der Waals surface area contributed by atoms with Crippen molar-refractivity contribution in [1.82, 2.24) is 9.78 Å². The molecule has 0 aliphatic carbocycles. The monoisotopic (exact) mass is 331 g/mol. The van der Waals surface area contributed by atoms with Gasteiger partial charge in [-0.05, 0) is 63.3 Å². The van der Waals surface area contributed by atoms with E-state index in [0.717, 1.165) is 18.7 Å². The van der Waals surface area contributed by atoms with Crippen LogP contribution in [0.4, 0.5) is 5.82 Å². The van der Waals surface area contributed by atoms with Gasteiger partial charge in [0.15, 0.2) is 0 Å². The maximum Gasteiger partial charge on any atom is 0.133 e. The minimum atomic E-state index is 1.01. The number of aryl methyl sites for hydroxylation is 3. The van der Waals surface area contributed by atoms with E-state index >= 15 is 0 Å². The summed E-state index contributed by atoms with van der Waals surface area (Å²) < 4.78 is 2.13. The topological polar surface area (TPSA) is 29.9 Å². The molecule has 1 aliphatic rings. The second-order valence-corrected chi connectivity index (χ2v) is 7.13. The summed E-state index contributed by atoms with van der Waals surface area (Å²) in [4.78, 5) is 0. The number of nitrogens with one attached hydrogen (secondary N) is 1. The Bertz CT molecular complexity index is 921. The molecule has 0 fully saturated rings. The minimum Gasteiger partial charge on any atom is -0.370 e. The number of benzene rings is 2. The zero-order valence-corrected chi connectivity index (χ0v) is 15.3. The van der Waals surface area contributed by atoms with Gasteiger partial charge in [-0.1, -0.05) is 35.9 Å². The molecule has 0 bridgehead atoms. The van der Waals surface area contributed by atoms with E-state index < -0.39 is 0 Å². The Morgan fingerprint density at radius 1 is 0.960 bits per heavy atom. The van der Waals surface area contributed by atoms with Gasteiger partial charge in [-0.2, -0.15) is 5.10 Å². The van der Waals surface area contributed by atoms with Gasteiger partial charge in [0.05, 0.1) is 11.4 Å². The van der Waals surface area contributed by atoms with Crippen LogP contribution in [0.1, 0.15) is 35.1 Å². The third-order valence-electron chi connectivity index (χ3n) is 5.01. The molecule has 128 valence electrons. The van der Waals surface area contributed by atoms with Gasteiger partial charge >= 0.3 is 0 Å². The summed E-state index contributed by atoms with van der Waals surface area (Å²) in [5, 5.41) is 8.72. The highest BCUT2D eigenvalue weighted by Crippen LogP contribution is 2.35. The first kappa shape index (κ1) is 15.9. The van der Waals surface area contributed by atoms with Crippen LogP contribution in [0.3, 0.4) is 0 Å². The normalized spacial score (nSPS) is 13.9. The van der Waals surface area contributed by atoms with E-state index in [0.29, 0.717) is 0 Å². The molecule has 2 aromatic carbocycles. The second-order valence-electron chi connectivity index (χ2n) is 7.13. The molecule has 0 saturated carbocycles. The van der Waals surface area contributed by atoms with Gasteiger partial charge in [-0.15, -0.1) is 0 Å². The van der Waals surface area contributed by atoms with Crippen molar-refractivity contribution < 1.29 is 0 Å². The number of anilines is 1. The molecule has 1 aromatic heterocycles. The van der Waals surface area contributed by atoms with Crippen LogP contribution in [-0.2, 0) is 6.42 Å². The first-order valence-corrected chi connectivity index (χ1v) is 9.14. The van der Waals surface area contributed by atoms with Crippen LogP contribution in [-0.4, -0.2) is 16.3 Å². The van der Waals surface area contributed by atoms with E-state index in [1.807, 2.05) is 0 Å². The third-order valence-corrected chi connectivity index (χ3v) is 5.01. The first-order valence-electron chi connectivity index (χ1n) is 9.14. The largest absolute Gasteiger partial charge is 0.370 e. The number of hydrogen-bond acceptors (Lipinski definition) is 2. The molecule has 0 atom stereocenters. The second kappa shape index (κ2) is 6.40. The minimum absolute atomic E-state index is 1.01. The van der Waals surface area contributed by atoms with Crippen LogP contribution in [0.5, 0.6) is 0 Å². The van der Waals surface area contributed by atoms with E-state index in [-0.39, 0.29) is 0 Å². The number of rotatable bonds is 2. The summed E-state index contributed by atoms with van der Waals surface area (Å²) in [5.41, 5.74) is 8.63. The van der Waals surface area contributed by atoms with Crippen LogP contribution in [0.2, 0.25) is 0 Å². The van der Waals surface area contributed by atoms with Gasteiger partial charge in [0, 0.05) is 17.7 Å². The summed E-state index contributed by atoms with van der Waals surface area (Å²) in [6.07, 6.45) is 3.49. The Kier molecular flexibility index (Phi) is 4.08. The number of nitrogens with zero attached hydrogens (tertiary/aromatic N) is 2. The van der Waals surface area contributed by atoms with Gasteiger partial charge < -0.3 is 5.32 Å². The van der Waals surface area contributed by atoms with Gasteiger partial charge in [-0.25, -0.2) is 4.68 Å². The molecule has 0 radical (unpaired) electrons. The number of aromatic nitrogens is 2.